The predicted molar refractivity (Wildman–Crippen MR) is 58.9 cm³/mol. The molecular weight excluding hydrogens is 158 g/mol. The van der Waals surface area contributed by atoms with Crippen LogP contribution in [-0.4, -0.2) is 24.5 Å². The molecule has 1 fully saturated rings. The SMILES string of the molecule is CCC1CCN(CC(C)(C)C)CC1. The van der Waals surface area contributed by atoms with Crippen molar-refractivity contribution >= 4 is 0 Å². The molecule has 0 N–H and O–H groups in total. The number of nitrogens with zero attached hydrogens (tertiary/aromatic N) is 1. The van der Waals surface area contributed by atoms with Gasteiger partial charge in [-0.1, -0.05) is 34.1 Å². The van der Waals surface area contributed by atoms with Crippen LogP contribution < -0.4 is 0 Å². The summed E-state index contributed by atoms with van der Waals surface area (Å²) in [4.78, 5) is 2.63. The molecule has 13 heavy (non-hydrogen) atoms. The average Bonchev–Trinajstić information content (AvgIpc) is 2.03. The van der Waals surface area contributed by atoms with Crippen molar-refractivity contribution in [1.82, 2.24) is 4.90 Å². The highest BCUT2D eigenvalue weighted by atomic mass is 15.1. The second-order valence-corrected chi connectivity index (χ2v) is 5.69. The molecule has 0 unspecified atom stereocenters. The van der Waals surface area contributed by atoms with Crippen molar-refractivity contribution in [3.8, 4) is 0 Å². The van der Waals surface area contributed by atoms with Crippen LogP contribution in [0, 0.1) is 11.3 Å². The monoisotopic (exact) mass is 183 g/mol. The first-order valence-corrected chi connectivity index (χ1v) is 5.73. The fourth-order valence-electron chi connectivity index (χ4n) is 2.22. The third kappa shape index (κ3) is 4.12. The molecule has 0 spiro atoms. The van der Waals surface area contributed by atoms with E-state index in [4.69, 9.17) is 0 Å². The molecular formula is C12H25N. The summed E-state index contributed by atoms with van der Waals surface area (Å²) in [6, 6.07) is 0. The lowest BCUT2D eigenvalue weighted by Crippen LogP contribution is -2.38. The van der Waals surface area contributed by atoms with Gasteiger partial charge in [-0.2, -0.15) is 0 Å². The zero-order valence-electron chi connectivity index (χ0n) is 9.77. The molecule has 0 aromatic heterocycles. The third-order valence-electron chi connectivity index (χ3n) is 2.98. The molecule has 1 nitrogen and oxygen atoms in total. The van der Waals surface area contributed by atoms with Gasteiger partial charge in [-0.15, -0.1) is 0 Å². The van der Waals surface area contributed by atoms with Crippen molar-refractivity contribution in [1.29, 1.82) is 0 Å². The van der Waals surface area contributed by atoms with Gasteiger partial charge in [-0.3, -0.25) is 0 Å². The van der Waals surface area contributed by atoms with Crippen molar-refractivity contribution in [2.24, 2.45) is 11.3 Å². The summed E-state index contributed by atoms with van der Waals surface area (Å²) in [6.45, 7) is 13.2. The first-order chi connectivity index (χ1) is 6.01. The Labute approximate surface area is 83.5 Å². The Kier molecular flexibility index (Phi) is 3.78. The first kappa shape index (κ1) is 11.0. The summed E-state index contributed by atoms with van der Waals surface area (Å²) in [5.41, 5.74) is 0.471. The van der Waals surface area contributed by atoms with E-state index in [1.54, 1.807) is 0 Å². The molecule has 0 aromatic rings. The van der Waals surface area contributed by atoms with Crippen LogP contribution in [0.3, 0.4) is 0 Å². The Morgan fingerprint density at radius 3 is 2.08 bits per heavy atom. The Balaban J connectivity index is 2.25. The van der Waals surface area contributed by atoms with Crippen LogP contribution in [0.5, 0.6) is 0 Å². The Hall–Kier alpha value is -0.0400. The minimum Gasteiger partial charge on any atom is -0.303 e. The standard InChI is InChI=1S/C12H25N/c1-5-11-6-8-13(9-7-11)10-12(2,3)4/h11H,5-10H2,1-4H3. The quantitative estimate of drug-likeness (QED) is 0.635. The summed E-state index contributed by atoms with van der Waals surface area (Å²) in [5.74, 6) is 1.01. The van der Waals surface area contributed by atoms with E-state index in [9.17, 15) is 0 Å². The molecule has 0 atom stereocenters. The van der Waals surface area contributed by atoms with Crippen LogP contribution >= 0.6 is 0 Å². The third-order valence-corrected chi connectivity index (χ3v) is 2.98. The van der Waals surface area contributed by atoms with Gasteiger partial charge in [0, 0.05) is 6.54 Å². The van der Waals surface area contributed by atoms with Crippen LogP contribution in [-0.2, 0) is 0 Å². The van der Waals surface area contributed by atoms with Gasteiger partial charge in [0.1, 0.15) is 0 Å². The Bertz CT molecular complexity index is 138. The average molecular weight is 183 g/mol. The highest BCUT2D eigenvalue weighted by Crippen LogP contribution is 2.23. The van der Waals surface area contributed by atoms with E-state index in [0.717, 1.165) is 5.92 Å². The van der Waals surface area contributed by atoms with Gasteiger partial charge in [-0.25, -0.2) is 0 Å². The van der Waals surface area contributed by atoms with E-state index in [1.165, 1.54) is 38.9 Å². The zero-order valence-corrected chi connectivity index (χ0v) is 9.77. The molecule has 0 aromatic carbocycles. The van der Waals surface area contributed by atoms with Gasteiger partial charge >= 0.3 is 0 Å². The second-order valence-electron chi connectivity index (χ2n) is 5.69. The summed E-state index contributed by atoms with van der Waals surface area (Å²) >= 11 is 0. The van der Waals surface area contributed by atoms with Crippen molar-refractivity contribution in [2.45, 2.75) is 47.0 Å². The molecule has 1 heteroatoms. The Morgan fingerprint density at radius 2 is 1.69 bits per heavy atom. The highest BCUT2D eigenvalue weighted by molar-refractivity contribution is 4.75. The van der Waals surface area contributed by atoms with E-state index in [-0.39, 0.29) is 0 Å². The van der Waals surface area contributed by atoms with Gasteiger partial charge in [0.25, 0.3) is 0 Å². The largest absolute Gasteiger partial charge is 0.303 e. The minimum atomic E-state index is 0.471. The highest BCUT2D eigenvalue weighted by Gasteiger charge is 2.21. The van der Waals surface area contributed by atoms with Crippen LogP contribution in [0.2, 0.25) is 0 Å². The molecule has 0 amide bonds. The first-order valence-electron chi connectivity index (χ1n) is 5.73. The molecule has 0 radical (unpaired) electrons. The van der Waals surface area contributed by atoms with Crippen LogP contribution in [0.15, 0.2) is 0 Å². The zero-order chi connectivity index (χ0) is 9.90. The summed E-state index contributed by atoms with van der Waals surface area (Å²) in [7, 11) is 0. The maximum Gasteiger partial charge on any atom is 0.00300 e. The molecule has 0 aliphatic carbocycles. The number of likely N-dealkylation sites (tertiary alicyclic amines) is 1. The molecule has 1 rings (SSSR count). The van der Waals surface area contributed by atoms with Crippen molar-refractivity contribution < 1.29 is 0 Å². The molecule has 1 saturated heterocycles. The van der Waals surface area contributed by atoms with Crippen LogP contribution in [0.1, 0.15) is 47.0 Å². The molecule has 0 saturated carbocycles. The lowest BCUT2D eigenvalue weighted by molar-refractivity contribution is 0.135. The normalized spacial score (nSPS) is 22.2. The van der Waals surface area contributed by atoms with Gasteiger partial charge < -0.3 is 4.90 Å². The molecule has 0 bridgehead atoms. The van der Waals surface area contributed by atoms with Crippen molar-refractivity contribution in [3.63, 3.8) is 0 Å². The lowest BCUT2D eigenvalue weighted by atomic mass is 9.91. The smallest absolute Gasteiger partial charge is 0.00300 e. The number of piperidine rings is 1. The number of hydrogen-bond donors (Lipinski definition) is 0. The van der Waals surface area contributed by atoms with Crippen LogP contribution in [0.25, 0.3) is 0 Å². The molecule has 1 heterocycles. The number of hydrogen-bond acceptors (Lipinski definition) is 1. The molecule has 78 valence electrons. The molecule has 1 aliphatic rings. The van der Waals surface area contributed by atoms with Gasteiger partial charge in [0.15, 0.2) is 0 Å². The fraction of sp³-hybridized carbons (Fsp3) is 1.00. The van der Waals surface area contributed by atoms with Crippen molar-refractivity contribution in [2.75, 3.05) is 19.6 Å². The van der Waals surface area contributed by atoms with E-state index in [1.807, 2.05) is 0 Å². The number of rotatable bonds is 2. The maximum absolute atomic E-state index is 2.63. The summed E-state index contributed by atoms with van der Waals surface area (Å²) in [6.07, 6.45) is 4.22. The second kappa shape index (κ2) is 4.45. The van der Waals surface area contributed by atoms with Gasteiger partial charge in [0.05, 0.1) is 0 Å². The minimum absolute atomic E-state index is 0.471. The maximum atomic E-state index is 2.63. The predicted octanol–water partition coefficient (Wildman–Crippen LogP) is 3.15. The van der Waals surface area contributed by atoms with Gasteiger partial charge in [0.2, 0.25) is 0 Å². The summed E-state index contributed by atoms with van der Waals surface area (Å²) < 4.78 is 0. The van der Waals surface area contributed by atoms with E-state index >= 15 is 0 Å². The Morgan fingerprint density at radius 1 is 1.15 bits per heavy atom. The van der Waals surface area contributed by atoms with E-state index in [0.29, 0.717) is 5.41 Å². The topological polar surface area (TPSA) is 3.24 Å². The summed E-state index contributed by atoms with van der Waals surface area (Å²) in [5, 5.41) is 0. The van der Waals surface area contributed by atoms with E-state index < -0.39 is 0 Å². The van der Waals surface area contributed by atoms with E-state index in [2.05, 4.69) is 32.6 Å². The lowest BCUT2D eigenvalue weighted by Gasteiger charge is -2.35. The van der Waals surface area contributed by atoms with Gasteiger partial charge in [-0.05, 0) is 37.3 Å². The van der Waals surface area contributed by atoms with Crippen LogP contribution in [0.4, 0.5) is 0 Å². The molecule has 1 aliphatic heterocycles. The fourth-order valence-corrected chi connectivity index (χ4v) is 2.22. The van der Waals surface area contributed by atoms with Crippen molar-refractivity contribution in [3.05, 3.63) is 0 Å².